The second-order valence-corrected chi connectivity index (χ2v) is 10.7. The van der Waals surface area contributed by atoms with E-state index in [2.05, 4.69) is 10.6 Å². The van der Waals surface area contributed by atoms with E-state index in [1.165, 1.54) is 4.90 Å². The van der Waals surface area contributed by atoms with Crippen LogP contribution >= 0.6 is 11.6 Å². The summed E-state index contributed by atoms with van der Waals surface area (Å²) in [5, 5.41) is 15.8. The van der Waals surface area contributed by atoms with E-state index >= 15 is 0 Å². The van der Waals surface area contributed by atoms with Crippen molar-refractivity contribution in [3.63, 3.8) is 0 Å². The fraction of sp³-hybridized carbons (Fsp3) is 0.464. The minimum absolute atomic E-state index is 0.132. The number of hydrogen-bond acceptors (Lipinski definition) is 6. The number of amides is 3. The molecule has 3 amide bonds. The average Bonchev–Trinajstić information content (AvgIpc) is 3.46. The van der Waals surface area contributed by atoms with Gasteiger partial charge in [-0.2, -0.15) is 0 Å². The van der Waals surface area contributed by atoms with Gasteiger partial charge in [0.2, 0.25) is 17.7 Å². The number of benzene rings is 2. The Labute approximate surface area is 226 Å². The van der Waals surface area contributed by atoms with Gasteiger partial charge in [0, 0.05) is 29.5 Å². The number of aliphatic hydroxyl groups excluding tert-OH is 1. The highest BCUT2D eigenvalue weighted by Gasteiger charge is 2.77. The standard InChI is InChI=1S/C28H32ClN3O6/c1-3-37-20-11-9-19(10-12-20)30-24(34)21-22-26(36)32(15-4-16-33)23(28(22)14-13-27(21,2)38-28)25(35)31-18-7-5-17(29)6-8-18/h5-12,21-23,33H,3-4,13-16H2,1-2H3,(H,30,34)(H,31,35)/t21-,22+,23?,27+,28?/m1/s1. The maximum absolute atomic E-state index is 13.9. The molecule has 5 atom stereocenters. The zero-order valence-corrected chi connectivity index (χ0v) is 22.2. The highest BCUT2D eigenvalue weighted by atomic mass is 35.5. The number of ether oxygens (including phenoxy) is 2. The van der Waals surface area contributed by atoms with Gasteiger partial charge in [0.1, 0.15) is 17.4 Å². The minimum Gasteiger partial charge on any atom is -0.494 e. The predicted molar refractivity (Wildman–Crippen MR) is 142 cm³/mol. The molecular formula is C28H32ClN3O6. The lowest BCUT2D eigenvalue weighted by Gasteiger charge is -2.33. The van der Waals surface area contributed by atoms with Crippen molar-refractivity contribution in [2.45, 2.75) is 50.4 Å². The van der Waals surface area contributed by atoms with E-state index in [-0.39, 0.29) is 25.0 Å². The molecule has 3 fully saturated rings. The van der Waals surface area contributed by atoms with Crippen LogP contribution in [0.1, 0.15) is 33.1 Å². The fourth-order valence-corrected chi connectivity index (χ4v) is 6.50. The van der Waals surface area contributed by atoms with Gasteiger partial charge in [0.05, 0.1) is 24.0 Å². The highest BCUT2D eigenvalue weighted by molar-refractivity contribution is 6.30. The van der Waals surface area contributed by atoms with Gasteiger partial charge in [-0.3, -0.25) is 14.4 Å². The number of fused-ring (bicyclic) bond motifs is 1. The van der Waals surface area contributed by atoms with Crippen LogP contribution < -0.4 is 15.4 Å². The third kappa shape index (κ3) is 4.42. The van der Waals surface area contributed by atoms with Crippen molar-refractivity contribution in [1.82, 2.24) is 4.90 Å². The number of carbonyl (C=O) groups excluding carboxylic acids is 3. The van der Waals surface area contributed by atoms with Crippen LogP contribution in [0.3, 0.4) is 0 Å². The fourth-order valence-electron chi connectivity index (χ4n) is 6.37. The molecule has 38 heavy (non-hydrogen) atoms. The second kappa shape index (κ2) is 10.2. The first-order chi connectivity index (χ1) is 18.2. The number of hydrogen-bond donors (Lipinski definition) is 3. The van der Waals surface area contributed by atoms with Crippen molar-refractivity contribution < 1.29 is 29.0 Å². The van der Waals surface area contributed by atoms with Crippen LogP contribution in [-0.2, 0) is 19.1 Å². The van der Waals surface area contributed by atoms with E-state index in [0.717, 1.165) is 0 Å². The van der Waals surface area contributed by atoms with Gasteiger partial charge < -0.3 is 30.1 Å². The van der Waals surface area contributed by atoms with Crippen LogP contribution in [0.4, 0.5) is 11.4 Å². The smallest absolute Gasteiger partial charge is 0.250 e. The maximum atomic E-state index is 13.9. The first kappa shape index (κ1) is 26.5. The van der Waals surface area contributed by atoms with Crippen molar-refractivity contribution in [1.29, 1.82) is 0 Å². The molecule has 3 saturated heterocycles. The first-order valence-electron chi connectivity index (χ1n) is 12.9. The number of rotatable bonds is 9. The first-order valence-corrected chi connectivity index (χ1v) is 13.3. The third-order valence-electron chi connectivity index (χ3n) is 7.91. The largest absolute Gasteiger partial charge is 0.494 e. The lowest BCUT2D eigenvalue weighted by atomic mass is 9.66. The van der Waals surface area contributed by atoms with E-state index in [4.69, 9.17) is 21.1 Å². The Balaban J connectivity index is 1.44. The quantitative estimate of drug-likeness (QED) is 0.447. The van der Waals surface area contributed by atoms with Gasteiger partial charge >= 0.3 is 0 Å². The molecular weight excluding hydrogens is 510 g/mol. The van der Waals surface area contributed by atoms with Crippen LogP contribution in [0.5, 0.6) is 5.75 Å². The summed E-state index contributed by atoms with van der Waals surface area (Å²) >= 11 is 5.99. The molecule has 0 radical (unpaired) electrons. The number of nitrogens with zero attached hydrogens (tertiary/aromatic N) is 1. The average molecular weight is 542 g/mol. The zero-order chi connectivity index (χ0) is 27.1. The molecule has 9 nitrogen and oxygen atoms in total. The third-order valence-corrected chi connectivity index (χ3v) is 8.16. The molecule has 2 bridgehead atoms. The predicted octanol–water partition coefficient (Wildman–Crippen LogP) is 3.46. The van der Waals surface area contributed by atoms with Crippen LogP contribution in [0.2, 0.25) is 5.02 Å². The Morgan fingerprint density at radius 1 is 1.08 bits per heavy atom. The highest BCUT2D eigenvalue weighted by Crippen LogP contribution is 2.63. The Bertz CT molecular complexity index is 1220. The van der Waals surface area contributed by atoms with E-state index < -0.39 is 35.0 Å². The molecule has 0 aromatic heterocycles. The number of halogens is 1. The molecule has 202 valence electrons. The number of anilines is 2. The lowest BCUT2D eigenvalue weighted by molar-refractivity contribution is -0.143. The normalized spacial score (nSPS) is 29.3. The number of nitrogens with one attached hydrogen (secondary N) is 2. The molecule has 2 aromatic rings. The molecule has 2 aromatic carbocycles. The molecule has 1 spiro atoms. The van der Waals surface area contributed by atoms with E-state index in [9.17, 15) is 19.5 Å². The monoisotopic (exact) mass is 541 g/mol. The van der Waals surface area contributed by atoms with Crippen LogP contribution in [0.25, 0.3) is 0 Å². The number of likely N-dealkylation sites (tertiary alicyclic amines) is 1. The van der Waals surface area contributed by atoms with Crippen molar-refractivity contribution >= 4 is 40.7 Å². The SMILES string of the molecule is CCOc1ccc(NC(=O)[C@H]2[C@H]3C(=O)N(CCCO)C(C(=O)Nc4ccc(Cl)cc4)C34CC[C@]2(C)O4)cc1. The van der Waals surface area contributed by atoms with Crippen molar-refractivity contribution in [3.8, 4) is 5.75 Å². The van der Waals surface area contributed by atoms with Gasteiger partial charge in [-0.1, -0.05) is 11.6 Å². The van der Waals surface area contributed by atoms with Gasteiger partial charge in [0.15, 0.2) is 0 Å². The van der Waals surface area contributed by atoms with Crippen molar-refractivity contribution in [2.24, 2.45) is 11.8 Å². The Morgan fingerprint density at radius 3 is 2.34 bits per heavy atom. The van der Waals surface area contributed by atoms with E-state index in [1.54, 1.807) is 48.5 Å². The molecule has 3 heterocycles. The zero-order valence-electron chi connectivity index (χ0n) is 21.4. The van der Waals surface area contributed by atoms with Gasteiger partial charge in [-0.25, -0.2) is 0 Å². The number of aliphatic hydroxyl groups is 1. The topological polar surface area (TPSA) is 117 Å². The summed E-state index contributed by atoms with van der Waals surface area (Å²) in [6.07, 6.45) is 1.32. The number of carbonyl (C=O) groups is 3. The Kier molecular flexibility index (Phi) is 7.11. The van der Waals surface area contributed by atoms with E-state index in [1.807, 2.05) is 13.8 Å². The van der Waals surface area contributed by atoms with Crippen LogP contribution in [-0.4, -0.2) is 64.7 Å². The molecule has 3 N–H and O–H groups in total. The summed E-state index contributed by atoms with van der Waals surface area (Å²) < 4.78 is 12.1. The van der Waals surface area contributed by atoms with Crippen molar-refractivity contribution in [3.05, 3.63) is 53.6 Å². The van der Waals surface area contributed by atoms with Crippen molar-refractivity contribution in [2.75, 3.05) is 30.4 Å². The van der Waals surface area contributed by atoms with E-state index in [0.29, 0.717) is 48.0 Å². The molecule has 0 saturated carbocycles. The summed E-state index contributed by atoms with van der Waals surface area (Å²) in [5.41, 5.74) is -0.910. The molecule has 2 unspecified atom stereocenters. The second-order valence-electron chi connectivity index (χ2n) is 10.3. The molecule has 3 aliphatic rings. The summed E-state index contributed by atoms with van der Waals surface area (Å²) in [6.45, 7) is 4.33. The molecule has 3 aliphatic heterocycles. The summed E-state index contributed by atoms with van der Waals surface area (Å²) in [4.78, 5) is 42.8. The summed E-state index contributed by atoms with van der Waals surface area (Å²) in [5.74, 6) is -1.91. The molecule has 0 aliphatic carbocycles. The van der Waals surface area contributed by atoms with Gasteiger partial charge in [0.25, 0.3) is 0 Å². The summed E-state index contributed by atoms with van der Waals surface area (Å²) in [6, 6.07) is 12.8. The molecule has 5 rings (SSSR count). The Hall–Kier alpha value is -3.14. The minimum atomic E-state index is -1.14. The van der Waals surface area contributed by atoms with Gasteiger partial charge in [-0.15, -0.1) is 0 Å². The lowest BCUT2D eigenvalue weighted by Crippen LogP contribution is -2.53. The Morgan fingerprint density at radius 2 is 1.71 bits per heavy atom. The van der Waals surface area contributed by atoms with Crippen LogP contribution in [0.15, 0.2) is 48.5 Å². The van der Waals surface area contributed by atoms with Gasteiger partial charge in [-0.05, 0) is 81.6 Å². The molecule has 10 heteroatoms. The maximum Gasteiger partial charge on any atom is 0.250 e. The van der Waals surface area contributed by atoms with Crippen LogP contribution in [0, 0.1) is 11.8 Å². The summed E-state index contributed by atoms with van der Waals surface area (Å²) in [7, 11) is 0.